The standard InChI is InChI=1S/C23H25N5O3S3/c1-15(2)28(18-5-8-20-21(13-18)33-23(32)26-20)22(29)25-17-9-11-27(12-10-17)34(30,31)19-6-3-16(14-24)4-7-19/h3-8,13,15,17H,9-12H2,1-2H3,(H,25,29)(H,26,32). The smallest absolute Gasteiger partial charge is 0.322 e. The molecule has 1 aromatic heterocycles. The molecule has 1 saturated heterocycles. The van der Waals surface area contributed by atoms with E-state index in [1.165, 1.54) is 39.9 Å². The summed E-state index contributed by atoms with van der Waals surface area (Å²) in [5.74, 6) is 0. The van der Waals surface area contributed by atoms with Gasteiger partial charge in [0.2, 0.25) is 10.0 Å². The highest BCUT2D eigenvalue weighted by atomic mass is 32.2. The Hall–Kier alpha value is -2.65. The number of nitrogens with zero attached hydrogens (tertiary/aromatic N) is 4. The van der Waals surface area contributed by atoms with Gasteiger partial charge in [0, 0.05) is 30.9 Å². The minimum absolute atomic E-state index is 0.0716. The fraction of sp³-hybridized carbons (Fsp3) is 0.348. The monoisotopic (exact) mass is 515 g/mol. The molecule has 8 nitrogen and oxygen atoms in total. The van der Waals surface area contributed by atoms with Crippen LogP contribution in [-0.4, -0.2) is 48.9 Å². The number of amides is 2. The normalized spacial score (nSPS) is 15.4. The predicted molar refractivity (Wildman–Crippen MR) is 136 cm³/mol. The summed E-state index contributed by atoms with van der Waals surface area (Å²) in [6.07, 6.45) is 1.04. The van der Waals surface area contributed by atoms with Gasteiger partial charge in [-0.25, -0.2) is 18.2 Å². The first kappa shape index (κ1) is 24.5. The quantitative estimate of drug-likeness (QED) is 0.495. The summed E-state index contributed by atoms with van der Waals surface area (Å²) in [5, 5.41) is 12.0. The van der Waals surface area contributed by atoms with Gasteiger partial charge in [-0.1, -0.05) is 0 Å². The molecule has 3 aromatic rings. The summed E-state index contributed by atoms with van der Waals surface area (Å²) in [6.45, 7) is 4.53. The Labute approximate surface area is 208 Å². The molecule has 0 atom stereocenters. The van der Waals surface area contributed by atoms with Crippen LogP contribution in [0.15, 0.2) is 51.7 Å². The summed E-state index contributed by atoms with van der Waals surface area (Å²) in [5.41, 5.74) is 2.03. The number of carbonyl (C=O) groups excluding carboxylic acids is 1. The molecule has 0 aliphatic carbocycles. The Morgan fingerprint density at radius 3 is 2.53 bits per heavy atom. The summed E-state index contributed by atoms with van der Waals surface area (Å²) in [6, 6.07) is 13.2. The predicted octanol–water partition coefficient (Wildman–Crippen LogP) is 4.23. The molecule has 2 aromatic carbocycles. The first-order chi connectivity index (χ1) is 16.2. The third kappa shape index (κ3) is 5.05. The van der Waals surface area contributed by atoms with Crippen molar-refractivity contribution in [3.05, 3.63) is 48.0 Å². The van der Waals surface area contributed by atoms with Gasteiger partial charge in [-0.2, -0.15) is 9.57 Å². The van der Waals surface area contributed by atoms with Gasteiger partial charge in [-0.3, -0.25) is 4.90 Å². The highest BCUT2D eigenvalue weighted by Gasteiger charge is 2.31. The topological polar surface area (TPSA) is 106 Å². The molecular formula is C23H25N5O3S3. The molecule has 11 heteroatoms. The van der Waals surface area contributed by atoms with E-state index in [2.05, 4.69) is 22.9 Å². The van der Waals surface area contributed by atoms with Crippen molar-refractivity contribution in [3.8, 4) is 6.07 Å². The second-order valence-corrected chi connectivity index (χ2v) is 12.1. The molecule has 0 radical (unpaired) electrons. The van der Waals surface area contributed by atoms with Crippen LogP contribution in [0.3, 0.4) is 0 Å². The number of piperidine rings is 1. The number of carbonyl (C=O) groups is 1. The zero-order valence-electron chi connectivity index (χ0n) is 18.8. The molecule has 2 heterocycles. The molecule has 1 fully saturated rings. The van der Waals surface area contributed by atoms with E-state index < -0.39 is 10.0 Å². The number of thiazole rings is 1. The molecule has 1 aliphatic rings. The molecule has 0 saturated carbocycles. The van der Waals surface area contributed by atoms with Crippen molar-refractivity contribution in [1.82, 2.24) is 14.6 Å². The van der Waals surface area contributed by atoms with E-state index in [9.17, 15) is 13.2 Å². The average molecular weight is 516 g/mol. The largest absolute Gasteiger partial charge is 0.335 e. The minimum Gasteiger partial charge on any atom is -0.335 e. The van der Waals surface area contributed by atoms with Gasteiger partial charge in [0.25, 0.3) is 0 Å². The lowest BCUT2D eigenvalue weighted by Gasteiger charge is -2.34. The van der Waals surface area contributed by atoms with Crippen LogP contribution in [-0.2, 0) is 10.0 Å². The fourth-order valence-corrected chi connectivity index (χ4v) is 6.65. The van der Waals surface area contributed by atoms with Gasteiger partial charge in [0.1, 0.15) is 4.34 Å². The van der Waals surface area contributed by atoms with Gasteiger partial charge >= 0.3 is 6.03 Å². The van der Waals surface area contributed by atoms with Crippen molar-refractivity contribution >= 4 is 55.9 Å². The number of nitrogens with one attached hydrogen (secondary N) is 1. The van der Waals surface area contributed by atoms with E-state index in [-0.39, 0.29) is 23.0 Å². The third-order valence-corrected chi connectivity index (χ3v) is 8.88. The van der Waals surface area contributed by atoms with Crippen molar-refractivity contribution in [2.45, 2.75) is 48.0 Å². The van der Waals surface area contributed by atoms with Crippen LogP contribution in [0, 0.1) is 11.3 Å². The number of nitriles is 1. The number of hydrogen-bond acceptors (Lipinski definition) is 7. The molecule has 1 N–H and O–H groups in total. The summed E-state index contributed by atoms with van der Waals surface area (Å²) < 4.78 is 29.0. The number of aromatic nitrogens is 1. The van der Waals surface area contributed by atoms with Gasteiger partial charge in [0.15, 0.2) is 0 Å². The minimum atomic E-state index is -3.64. The zero-order valence-corrected chi connectivity index (χ0v) is 21.3. The molecule has 0 unspecified atom stereocenters. The number of fused-ring (bicyclic) bond motifs is 1. The Morgan fingerprint density at radius 1 is 1.24 bits per heavy atom. The van der Waals surface area contributed by atoms with E-state index in [1.54, 1.807) is 4.90 Å². The van der Waals surface area contributed by atoms with Crippen molar-refractivity contribution in [2.24, 2.45) is 0 Å². The van der Waals surface area contributed by atoms with Crippen molar-refractivity contribution in [2.75, 3.05) is 18.0 Å². The molecule has 0 spiro atoms. The Morgan fingerprint density at radius 2 is 1.91 bits per heavy atom. The number of sulfonamides is 1. The molecule has 1 aliphatic heterocycles. The summed E-state index contributed by atoms with van der Waals surface area (Å²) >= 11 is 5.77. The SMILES string of the molecule is CC(C)N(C(=O)NC1CCN(S(=O)(=O)c2ccc(C#N)cc2)CC1)c1ccc2nc(S)sc2c1. The van der Waals surface area contributed by atoms with Crippen LogP contribution in [0.25, 0.3) is 10.2 Å². The van der Waals surface area contributed by atoms with Crippen LogP contribution >= 0.6 is 24.0 Å². The molecule has 2 amide bonds. The maximum Gasteiger partial charge on any atom is 0.322 e. The molecule has 34 heavy (non-hydrogen) atoms. The Kier molecular flexibility index (Phi) is 7.14. The number of benzene rings is 2. The van der Waals surface area contributed by atoms with E-state index >= 15 is 0 Å². The van der Waals surface area contributed by atoms with Gasteiger partial charge in [-0.15, -0.1) is 24.0 Å². The molecule has 178 valence electrons. The zero-order chi connectivity index (χ0) is 24.5. The summed E-state index contributed by atoms with van der Waals surface area (Å²) in [4.78, 5) is 19.4. The van der Waals surface area contributed by atoms with Gasteiger partial charge in [0.05, 0.1) is 26.7 Å². The number of urea groups is 1. The van der Waals surface area contributed by atoms with Gasteiger partial charge < -0.3 is 5.32 Å². The van der Waals surface area contributed by atoms with Crippen LogP contribution in [0.4, 0.5) is 10.5 Å². The van der Waals surface area contributed by atoms with Crippen molar-refractivity contribution in [3.63, 3.8) is 0 Å². The highest BCUT2D eigenvalue weighted by Crippen LogP contribution is 2.30. The number of thiol groups is 1. The molecule has 4 rings (SSSR count). The van der Waals surface area contributed by atoms with Crippen LogP contribution < -0.4 is 10.2 Å². The molecular weight excluding hydrogens is 490 g/mol. The van der Waals surface area contributed by atoms with Crippen LogP contribution in [0.5, 0.6) is 0 Å². The van der Waals surface area contributed by atoms with Crippen LogP contribution in [0.2, 0.25) is 0 Å². The second-order valence-electron chi connectivity index (χ2n) is 8.38. The highest BCUT2D eigenvalue weighted by molar-refractivity contribution is 7.89. The van der Waals surface area contributed by atoms with Crippen molar-refractivity contribution in [1.29, 1.82) is 5.26 Å². The maximum atomic E-state index is 13.2. The summed E-state index contributed by atoms with van der Waals surface area (Å²) in [7, 11) is -3.64. The lowest BCUT2D eigenvalue weighted by Crippen LogP contribution is -2.51. The average Bonchev–Trinajstić information content (AvgIpc) is 3.18. The lowest BCUT2D eigenvalue weighted by molar-refractivity contribution is 0.231. The van der Waals surface area contributed by atoms with E-state index in [1.807, 2.05) is 38.1 Å². The molecule has 0 bridgehead atoms. The van der Waals surface area contributed by atoms with E-state index in [4.69, 9.17) is 5.26 Å². The number of anilines is 1. The lowest BCUT2D eigenvalue weighted by atomic mass is 10.1. The third-order valence-electron chi connectivity index (χ3n) is 5.78. The van der Waals surface area contributed by atoms with Gasteiger partial charge in [-0.05, 0) is 69.2 Å². The number of rotatable bonds is 5. The number of hydrogen-bond donors (Lipinski definition) is 2. The van der Waals surface area contributed by atoms with E-state index in [0.717, 1.165) is 15.9 Å². The van der Waals surface area contributed by atoms with E-state index in [0.29, 0.717) is 35.8 Å². The Bertz CT molecular complexity index is 1340. The second kappa shape index (κ2) is 9.92. The first-order valence-corrected chi connectivity index (χ1v) is 13.6. The maximum absolute atomic E-state index is 13.2. The van der Waals surface area contributed by atoms with Crippen LogP contribution in [0.1, 0.15) is 32.3 Å². The Balaban J connectivity index is 1.41. The van der Waals surface area contributed by atoms with Crippen molar-refractivity contribution < 1.29 is 13.2 Å². The fourth-order valence-electron chi connectivity index (χ4n) is 4.04. The first-order valence-electron chi connectivity index (χ1n) is 10.9.